The van der Waals surface area contributed by atoms with Gasteiger partial charge in [0.1, 0.15) is 5.78 Å². The second-order valence-corrected chi connectivity index (χ2v) is 4.43. The fourth-order valence-electron chi connectivity index (χ4n) is 2.27. The van der Waals surface area contributed by atoms with E-state index in [0.717, 1.165) is 25.7 Å². The molecule has 2 heteroatoms. The average molecular weight is 182 g/mol. The van der Waals surface area contributed by atoms with Crippen LogP contribution in [-0.2, 0) is 9.53 Å². The summed E-state index contributed by atoms with van der Waals surface area (Å²) in [5.41, 5.74) is 0. The highest BCUT2D eigenvalue weighted by atomic mass is 16.6. The largest absolute Gasteiger partial charge is 0.370 e. The first kappa shape index (κ1) is 9.20. The second kappa shape index (κ2) is 3.41. The lowest BCUT2D eigenvalue weighted by atomic mass is 9.81. The maximum atomic E-state index is 11.8. The molecule has 0 N–H and O–H groups in total. The number of ether oxygens (including phenoxy) is 1. The minimum Gasteiger partial charge on any atom is -0.370 e. The van der Waals surface area contributed by atoms with E-state index in [1.54, 1.807) is 0 Å². The van der Waals surface area contributed by atoms with Crippen LogP contribution >= 0.6 is 0 Å². The second-order valence-electron chi connectivity index (χ2n) is 4.43. The molecule has 1 saturated carbocycles. The SMILES string of the molecule is CCC(C)C(=O)C1CCC2OC2C1. The topological polar surface area (TPSA) is 29.6 Å². The number of rotatable bonds is 3. The summed E-state index contributed by atoms with van der Waals surface area (Å²) in [7, 11) is 0. The summed E-state index contributed by atoms with van der Waals surface area (Å²) in [6, 6.07) is 0. The Morgan fingerprint density at radius 2 is 2.23 bits per heavy atom. The Morgan fingerprint density at radius 1 is 1.46 bits per heavy atom. The lowest BCUT2D eigenvalue weighted by Crippen LogP contribution is -2.26. The first-order valence-corrected chi connectivity index (χ1v) is 5.41. The van der Waals surface area contributed by atoms with Crippen molar-refractivity contribution in [2.24, 2.45) is 11.8 Å². The van der Waals surface area contributed by atoms with E-state index >= 15 is 0 Å². The number of fused-ring (bicyclic) bond motifs is 1. The molecule has 2 aliphatic rings. The summed E-state index contributed by atoms with van der Waals surface area (Å²) in [4.78, 5) is 11.8. The van der Waals surface area contributed by atoms with Crippen LogP contribution in [0.2, 0.25) is 0 Å². The molecular weight excluding hydrogens is 164 g/mol. The van der Waals surface area contributed by atoms with Crippen LogP contribution in [0.5, 0.6) is 0 Å². The number of hydrogen-bond acceptors (Lipinski definition) is 2. The van der Waals surface area contributed by atoms with Crippen molar-refractivity contribution in [1.29, 1.82) is 0 Å². The van der Waals surface area contributed by atoms with Crippen molar-refractivity contribution >= 4 is 5.78 Å². The predicted octanol–water partition coefficient (Wildman–Crippen LogP) is 2.17. The van der Waals surface area contributed by atoms with E-state index in [-0.39, 0.29) is 5.92 Å². The normalized spacial score (nSPS) is 39.4. The van der Waals surface area contributed by atoms with E-state index in [1.165, 1.54) is 0 Å². The monoisotopic (exact) mass is 182 g/mol. The van der Waals surface area contributed by atoms with Crippen LogP contribution in [0.1, 0.15) is 39.5 Å². The summed E-state index contributed by atoms with van der Waals surface area (Å²) >= 11 is 0. The molecule has 1 aliphatic carbocycles. The van der Waals surface area contributed by atoms with Crippen LogP contribution in [-0.4, -0.2) is 18.0 Å². The van der Waals surface area contributed by atoms with Gasteiger partial charge >= 0.3 is 0 Å². The predicted molar refractivity (Wildman–Crippen MR) is 50.5 cm³/mol. The van der Waals surface area contributed by atoms with Crippen LogP contribution in [0, 0.1) is 11.8 Å². The Morgan fingerprint density at radius 3 is 2.85 bits per heavy atom. The Bertz CT molecular complexity index is 212. The molecule has 2 nitrogen and oxygen atoms in total. The molecule has 13 heavy (non-hydrogen) atoms. The molecule has 0 spiro atoms. The standard InChI is InChI=1S/C11H18O2/c1-3-7(2)11(12)8-4-5-9-10(6-8)13-9/h7-10H,3-6H2,1-2H3. The van der Waals surface area contributed by atoms with Gasteiger partial charge < -0.3 is 4.74 Å². The highest BCUT2D eigenvalue weighted by Gasteiger charge is 2.45. The highest BCUT2D eigenvalue weighted by molar-refractivity contribution is 5.83. The van der Waals surface area contributed by atoms with Crippen molar-refractivity contribution in [3.8, 4) is 0 Å². The van der Waals surface area contributed by atoms with Gasteiger partial charge in [-0.2, -0.15) is 0 Å². The minimum absolute atomic E-state index is 0.250. The van der Waals surface area contributed by atoms with Crippen LogP contribution < -0.4 is 0 Å². The van der Waals surface area contributed by atoms with E-state index in [4.69, 9.17) is 4.74 Å². The first-order valence-electron chi connectivity index (χ1n) is 5.41. The van der Waals surface area contributed by atoms with Gasteiger partial charge in [0.15, 0.2) is 0 Å². The summed E-state index contributed by atoms with van der Waals surface area (Å²) in [5, 5.41) is 0. The number of carbonyl (C=O) groups excluding carboxylic acids is 1. The minimum atomic E-state index is 0.250. The van der Waals surface area contributed by atoms with Gasteiger partial charge in [-0.15, -0.1) is 0 Å². The quantitative estimate of drug-likeness (QED) is 0.626. The molecule has 74 valence electrons. The first-order chi connectivity index (χ1) is 6.22. The Balaban J connectivity index is 1.89. The number of Topliss-reactive ketones (excluding diaryl/α,β-unsaturated/α-hetero) is 1. The van der Waals surface area contributed by atoms with Crippen LogP contribution in [0.3, 0.4) is 0 Å². The number of hydrogen-bond donors (Lipinski definition) is 0. The Hall–Kier alpha value is -0.370. The van der Waals surface area contributed by atoms with E-state index < -0.39 is 0 Å². The molecular formula is C11H18O2. The van der Waals surface area contributed by atoms with Crippen LogP contribution in [0.4, 0.5) is 0 Å². The van der Waals surface area contributed by atoms with Gasteiger partial charge in [0.2, 0.25) is 0 Å². The van der Waals surface area contributed by atoms with Crippen LogP contribution in [0.25, 0.3) is 0 Å². The fourth-order valence-corrected chi connectivity index (χ4v) is 2.27. The third-order valence-corrected chi connectivity index (χ3v) is 3.50. The lowest BCUT2D eigenvalue weighted by molar-refractivity contribution is -0.127. The van der Waals surface area contributed by atoms with E-state index in [2.05, 4.69) is 6.92 Å². The fraction of sp³-hybridized carbons (Fsp3) is 0.909. The molecule has 1 saturated heterocycles. The molecule has 4 atom stereocenters. The maximum absolute atomic E-state index is 11.8. The summed E-state index contributed by atoms with van der Waals surface area (Å²) < 4.78 is 5.42. The zero-order valence-corrected chi connectivity index (χ0v) is 8.45. The molecule has 0 aromatic heterocycles. The molecule has 2 fully saturated rings. The van der Waals surface area contributed by atoms with Crippen molar-refractivity contribution in [3.05, 3.63) is 0 Å². The van der Waals surface area contributed by atoms with Gasteiger partial charge in [-0.25, -0.2) is 0 Å². The van der Waals surface area contributed by atoms with Gasteiger partial charge in [-0.3, -0.25) is 4.79 Å². The summed E-state index contributed by atoms with van der Waals surface area (Å²) in [6.07, 6.45) is 5.09. The highest BCUT2D eigenvalue weighted by Crippen LogP contribution is 2.40. The van der Waals surface area contributed by atoms with Gasteiger partial charge in [-0.05, 0) is 25.7 Å². The summed E-state index contributed by atoms with van der Waals surface area (Å²) in [6.45, 7) is 4.13. The van der Waals surface area contributed by atoms with E-state index in [1.807, 2.05) is 6.92 Å². The smallest absolute Gasteiger partial charge is 0.138 e. The summed E-state index contributed by atoms with van der Waals surface area (Å²) in [5.74, 6) is 1.02. The molecule has 1 aliphatic heterocycles. The van der Waals surface area contributed by atoms with Gasteiger partial charge in [-0.1, -0.05) is 13.8 Å². The van der Waals surface area contributed by atoms with Crippen molar-refractivity contribution in [1.82, 2.24) is 0 Å². The van der Waals surface area contributed by atoms with Gasteiger partial charge in [0.25, 0.3) is 0 Å². The third kappa shape index (κ3) is 1.78. The Labute approximate surface area is 79.7 Å². The molecule has 0 aromatic rings. The van der Waals surface area contributed by atoms with Crippen molar-refractivity contribution < 1.29 is 9.53 Å². The molecule has 2 rings (SSSR count). The number of carbonyl (C=O) groups is 1. The Kier molecular flexibility index (Phi) is 2.41. The molecule has 4 unspecified atom stereocenters. The molecule has 0 bridgehead atoms. The molecule has 0 amide bonds. The maximum Gasteiger partial charge on any atom is 0.138 e. The van der Waals surface area contributed by atoms with E-state index in [0.29, 0.717) is 23.9 Å². The number of ketones is 1. The lowest BCUT2D eigenvalue weighted by Gasteiger charge is -2.20. The van der Waals surface area contributed by atoms with Gasteiger partial charge in [0, 0.05) is 11.8 Å². The van der Waals surface area contributed by atoms with Crippen molar-refractivity contribution in [2.45, 2.75) is 51.7 Å². The average Bonchev–Trinajstić information content (AvgIpc) is 2.92. The van der Waals surface area contributed by atoms with Crippen molar-refractivity contribution in [2.75, 3.05) is 0 Å². The molecule has 1 heterocycles. The van der Waals surface area contributed by atoms with Crippen molar-refractivity contribution in [3.63, 3.8) is 0 Å². The zero-order valence-electron chi connectivity index (χ0n) is 8.45. The third-order valence-electron chi connectivity index (χ3n) is 3.50. The molecule has 0 aromatic carbocycles. The van der Waals surface area contributed by atoms with Crippen LogP contribution in [0.15, 0.2) is 0 Å². The zero-order chi connectivity index (χ0) is 9.42. The van der Waals surface area contributed by atoms with Gasteiger partial charge in [0.05, 0.1) is 12.2 Å². The van der Waals surface area contributed by atoms with E-state index in [9.17, 15) is 4.79 Å². The molecule has 0 radical (unpaired) electrons. The number of epoxide rings is 1.